The molecule has 0 bridgehead atoms. The number of benzene rings is 1. The highest BCUT2D eigenvalue weighted by Crippen LogP contribution is 2.22. The molecule has 0 unspecified atom stereocenters. The monoisotopic (exact) mass is 255 g/mol. The number of anilines is 1. The van der Waals surface area contributed by atoms with Crippen molar-refractivity contribution in [1.82, 2.24) is 9.97 Å². The third kappa shape index (κ3) is 2.58. The van der Waals surface area contributed by atoms with Crippen molar-refractivity contribution in [2.24, 2.45) is 0 Å². The summed E-state index contributed by atoms with van der Waals surface area (Å²) < 4.78 is 5.39. The Labute approximate surface area is 113 Å². The SMILES string of the molecule is CO[C@H]1CCN(c2ccnc(-c3ccccc3)n2)C1. The average Bonchev–Trinajstić information content (AvgIpc) is 2.97. The van der Waals surface area contributed by atoms with Crippen molar-refractivity contribution < 1.29 is 4.74 Å². The molecule has 0 N–H and O–H groups in total. The highest BCUT2D eigenvalue weighted by Gasteiger charge is 2.23. The Kier molecular flexibility index (Phi) is 3.42. The van der Waals surface area contributed by atoms with Crippen LogP contribution in [-0.4, -0.2) is 36.3 Å². The van der Waals surface area contributed by atoms with Gasteiger partial charge >= 0.3 is 0 Å². The Bertz CT molecular complexity index is 544. The van der Waals surface area contributed by atoms with Gasteiger partial charge in [0.15, 0.2) is 5.82 Å². The van der Waals surface area contributed by atoms with Gasteiger partial charge in [-0.15, -0.1) is 0 Å². The van der Waals surface area contributed by atoms with Gasteiger partial charge in [-0.25, -0.2) is 9.97 Å². The molecule has 0 amide bonds. The van der Waals surface area contributed by atoms with E-state index in [0.29, 0.717) is 6.10 Å². The summed E-state index contributed by atoms with van der Waals surface area (Å²) in [6.45, 7) is 1.89. The highest BCUT2D eigenvalue weighted by molar-refractivity contribution is 5.57. The maximum Gasteiger partial charge on any atom is 0.161 e. The van der Waals surface area contributed by atoms with Crippen LogP contribution in [0.2, 0.25) is 0 Å². The maximum absolute atomic E-state index is 5.39. The first-order valence-corrected chi connectivity index (χ1v) is 6.53. The Hall–Kier alpha value is -1.94. The van der Waals surface area contributed by atoms with Crippen molar-refractivity contribution >= 4 is 5.82 Å². The number of hydrogen-bond acceptors (Lipinski definition) is 4. The lowest BCUT2D eigenvalue weighted by Gasteiger charge is -2.17. The smallest absolute Gasteiger partial charge is 0.161 e. The first-order chi connectivity index (χ1) is 9.36. The van der Waals surface area contributed by atoms with Gasteiger partial charge in [0.25, 0.3) is 0 Å². The van der Waals surface area contributed by atoms with Crippen LogP contribution in [0.3, 0.4) is 0 Å². The van der Waals surface area contributed by atoms with Crippen LogP contribution in [0.5, 0.6) is 0 Å². The molecule has 0 aliphatic carbocycles. The molecule has 0 saturated carbocycles. The van der Waals surface area contributed by atoms with Crippen LogP contribution in [0.1, 0.15) is 6.42 Å². The summed E-state index contributed by atoms with van der Waals surface area (Å²) in [5.41, 5.74) is 1.05. The molecular formula is C15H17N3O. The van der Waals surface area contributed by atoms with Crippen LogP contribution >= 0.6 is 0 Å². The Morgan fingerprint density at radius 1 is 1.21 bits per heavy atom. The van der Waals surface area contributed by atoms with E-state index in [-0.39, 0.29) is 0 Å². The van der Waals surface area contributed by atoms with Crippen LogP contribution in [0.25, 0.3) is 11.4 Å². The maximum atomic E-state index is 5.39. The van der Waals surface area contributed by atoms with Crippen molar-refractivity contribution in [2.45, 2.75) is 12.5 Å². The average molecular weight is 255 g/mol. The second-order valence-electron chi connectivity index (χ2n) is 4.70. The molecule has 1 saturated heterocycles. The van der Waals surface area contributed by atoms with E-state index in [1.54, 1.807) is 7.11 Å². The van der Waals surface area contributed by atoms with Gasteiger partial charge in [-0.2, -0.15) is 0 Å². The molecule has 1 aromatic carbocycles. The van der Waals surface area contributed by atoms with Crippen molar-refractivity contribution in [2.75, 3.05) is 25.1 Å². The molecule has 0 radical (unpaired) electrons. The number of methoxy groups -OCH3 is 1. The third-order valence-electron chi connectivity index (χ3n) is 3.48. The predicted octanol–water partition coefficient (Wildman–Crippen LogP) is 2.37. The van der Waals surface area contributed by atoms with Gasteiger partial charge in [0.1, 0.15) is 5.82 Å². The number of aromatic nitrogens is 2. The lowest BCUT2D eigenvalue weighted by Crippen LogP contribution is -2.23. The fraction of sp³-hybridized carbons (Fsp3) is 0.333. The molecule has 4 heteroatoms. The zero-order valence-electron chi connectivity index (χ0n) is 11.0. The van der Waals surface area contributed by atoms with Crippen LogP contribution in [0.4, 0.5) is 5.82 Å². The fourth-order valence-corrected chi connectivity index (χ4v) is 2.38. The molecule has 1 fully saturated rings. The first-order valence-electron chi connectivity index (χ1n) is 6.53. The third-order valence-corrected chi connectivity index (χ3v) is 3.48. The summed E-state index contributed by atoms with van der Waals surface area (Å²) in [7, 11) is 1.77. The van der Waals surface area contributed by atoms with E-state index in [9.17, 15) is 0 Å². The van der Waals surface area contributed by atoms with Crippen molar-refractivity contribution in [1.29, 1.82) is 0 Å². The lowest BCUT2D eigenvalue weighted by molar-refractivity contribution is 0.121. The first kappa shape index (κ1) is 12.1. The molecular weight excluding hydrogens is 238 g/mol. The zero-order chi connectivity index (χ0) is 13.1. The zero-order valence-corrected chi connectivity index (χ0v) is 11.0. The quantitative estimate of drug-likeness (QED) is 0.844. The van der Waals surface area contributed by atoms with Gasteiger partial charge in [0.05, 0.1) is 6.10 Å². The van der Waals surface area contributed by atoms with E-state index in [1.165, 1.54) is 0 Å². The summed E-state index contributed by atoms with van der Waals surface area (Å²) >= 11 is 0. The molecule has 2 aromatic rings. The number of nitrogens with zero attached hydrogens (tertiary/aromatic N) is 3. The molecule has 3 rings (SSSR count). The summed E-state index contributed by atoms with van der Waals surface area (Å²) in [5, 5.41) is 0. The highest BCUT2D eigenvalue weighted by atomic mass is 16.5. The van der Waals surface area contributed by atoms with E-state index < -0.39 is 0 Å². The minimum Gasteiger partial charge on any atom is -0.380 e. The van der Waals surface area contributed by atoms with E-state index in [2.05, 4.69) is 14.9 Å². The Balaban J connectivity index is 1.85. The molecule has 1 aliphatic rings. The molecule has 2 heterocycles. The normalized spacial score (nSPS) is 18.8. The van der Waals surface area contributed by atoms with Crippen molar-refractivity contribution in [3.63, 3.8) is 0 Å². The van der Waals surface area contributed by atoms with Gasteiger partial charge in [-0.05, 0) is 12.5 Å². The van der Waals surface area contributed by atoms with E-state index in [1.807, 2.05) is 42.6 Å². The lowest BCUT2D eigenvalue weighted by atomic mass is 10.2. The standard InChI is InChI=1S/C15H17N3O/c1-19-13-8-10-18(11-13)14-7-9-16-15(17-14)12-5-3-2-4-6-12/h2-7,9,13H,8,10-11H2,1H3/t13-/m0/s1. The van der Waals surface area contributed by atoms with Gasteiger partial charge in [0.2, 0.25) is 0 Å². The number of ether oxygens (including phenoxy) is 1. The van der Waals surface area contributed by atoms with E-state index in [4.69, 9.17) is 4.74 Å². The summed E-state index contributed by atoms with van der Waals surface area (Å²) in [4.78, 5) is 11.3. The molecule has 98 valence electrons. The van der Waals surface area contributed by atoms with Crippen molar-refractivity contribution in [3.05, 3.63) is 42.6 Å². The number of hydrogen-bond donors (Lipinski definition) is 0. The van der Waals surface area contributed by atoms with Crippen LogP contribution in [0, 0.1) is 0 Å². The van der Waals surface area contributed by atoms with Gasteiger partial charge < -0.3 is 9.64 Å². The minimum absolute atomic E-state index is 0.315. The van der Waals surface area contributed by atoms with E-state index in [0.717, 1.165) is 36.7 Å². The molecule has 1 aromatic heterocycles. The van der Waals surface area contributed by atoms with E-state index >= 15 is 0 Å². The van der Waals surface area contributed by atoms with Crippen LogP contribution in [-0.2, 0) is 4.74 Å². The summed E-state index contributed by atoms with van der Waals surface area (Å²) in [6, 6.07) is 12.0. The van der Waals surface area contributed by atoms with Gasteiger partial charge in [-0.1, -0.05) is 30.3 Å². The van der Waals surface area contributed by atoms with Crippen LogP contribution in [0.15, 0.2) is 42.6 Å². The van der Waals surface area contributed by atoms with Gasteiger partial charge in [-0.3, -0.25) is 0 Å². The molecule has 4 nitrogen and oxygen atoms in total. The summed E-state index contributed by atoms with van der Waals surface area (Å²) in [5.74, 6) is 1.76. The fourth-order valence-electron chi connectivity index (χ4n) is 2.38. The van der Waals surface area contributed by atoms with Crippen LogP contribution < -0.4 is 4.90 Å². The molecule has 19 heavy (non-hydrogen) atoms. The summed E-state index contributed by atoms with van der Waals surface area (Å²) in [6.07, 6.45) is 3.20. The van der Waals surface area contributed by atoms with Gasteiger partial charge in [0, 0.05) is 32.0 Å². The molecule has 1 aliphatic heterocycles. The predicted molar refractivity (Wildman–Crippen MR) is 75.1 cm³/mol. The second-order valence-corrected chi connectivity index (χ2v) is 4.70. The Morgan fingerprint density at radius 3 is 2.79 bits per heavy atom. The topological polar surface area (TPSA) is 38.2 Å². The Morgan fingerprint density at radius 2 is 2.05 bits per heavy atom. The second kappa shape index (κ2) is 5.36. The molecule has 0 spiro atoms. The molecule has 1 atom stereocenters. The minimum atomic E-state index is 0.315. The largest absolute Gasteiger partial charge is 0.380 e. The van der Waals surface area contributed by atoms with Crippen molar-refractivity contribution in [3.8, 4) is 11.4 Å². The number of rotatable bonds is 3.